The van der Waals surface area contributed by atoms with Crippen LogP contribution in [0.1, 0.15) is 24.2 Å². The Hall–Kier alpha value is -1.95. The van der Waals surface area contributed by atoms with Gasteiger partial charge in [0.15, 0.2) is 6.29 Å². The van der Waals surface area contributed by atoms with Crippen LogP contribution in [0.15, 0.2) is 18.2 Å². The number of non-ortho nitro benzene ring substituents is 1. The van der Waals surface area contributed by atoms with Crippen molar-refractivity contribution in [2.75, 3.05) is 18.0 Å². The van der Waals surface area contributed by atoms with Gasteiger partial charge in [0.05, 0.1) is 17.1 Å². The zero-order chi connectivity index (χ0) is 14.0. The van der Waals surface area contributed by atoms with Crippen LogP contribution in [0.2, 0.25) is 0 Å². The highest BCUT2D eigenvalue weighted by Crippen LogP contribution is 2.27. The van der Waals surface area contributed by atoms with Crippen LogP contribution in [0.3, 0.4) is 0 Å². The fourth-order valence-corrected chi connectivity index (χ4v) is 2.41. The molecule has 6 nitrogen and oxygen atoms in total. The minimum absolute atomic E-state index is 0.0680. The first-order chi connectivity index (χ1) is 9.01. The van der Waals surface area contributed by atoms with E-state index >= 15 is 0 Å². The van der Waals surface area contributed by atoms with Gasteiger partial charge in [-0.15, -0.1) is 0 Å². The Morgan fingerprint density at radius 2 is 2.00 bits per heavy atom. The lowest BCUT2D eigenvalue weighted by molar-refractivity contribution is -0.384. The fraction of sp³-hybridized carbons (Fsp3) is 0.462. The van der Waals surface area contributed by atoms with Gasteiger partial charge in [-0.1, -0.05) is 0 Å². The topological polar surface area (TPSA) is 72.7 Å². The molecule has 0 spiro atoms. The minimum atomic E-state index is -0.499. The summed E-state index contributed by atoms with van der Waals surface area (Å²) in [5.41, 5.74) is 0.998. The molecular weight excluding hydrogens is 248 g/mol. The van der Waals surface area contributed by atoms with Gasteiger partial charge in [0.1, 0.15) is 0 Å². The zero-order valence-corrected chi connectivity index (χ0v) is 10.9. The molecule has 6 heteroatoms. The van der Waals surface area contributed by atoms with Crippen molar-refractivity contribution in [3.63, 3.8) is 0 Å². The summed E-state index contributed by atoms with van der Waals surface area (Å²) in [7, 11) is 0. The largest absolute Gasteiger partial charge is 0.372 e. The average molecular weight is 264 g/mol. The molecule has 1 unspecified atom stereocenters. The van der Waals surface area contributed by atoms with Gasteiger partial charge in [-0.2, -0.15) is 0 Å². The zero-order valence-electron chi connectivity index (χ0n) is 10.9. The average Bonchev–Trinajstić information content (AvgIpc) is 2.36. The van der Waals surface area contributed by atoms with Crippen molar-refractivity contribution in [3.05, 3.63) is 33.9 Å². The van der Waals surface area contributed by atoms with Crippen LogP contribution in [0.5, 0.6) is 0 Å². The summed E-state index contributed by atoms with van der Waals surface area (Å²) in [6.07, 6.45) is 0.796. The maximum absolute atomic E-state index is 11.1. The summed E-state index contributed by atoms with van der Waals surface area (Å²) in [5, 5.41) is 10.7. The number of nitro groups is 1. The van der Waals surface area contributed by atoms with E-state index in [1.54, 1.807) is 6.07 Å². The van der Waals surface area contributed by atoms with Gasteiger partial charge in [-0.3, -0.25) is 14.9 Å². The number of rotatable bonds is 3. The van der Waals surface area contributed by atoms with Crippen molar-refractivity contribution >= 4 is 17.7 Å². The maximum Gasteiger partial charge on any atom is 0.270 e. The third kappa shape index (κ3) is 2.90. The van der Waals surface area contributed by atoms with Crippen molar-refractivity contribution in [2.45, 2.75) is 26.1 Å². The second kappa shape index (κ2) is 5.36. The molecule has 0 aromatic heterocycles. The molecule has 0 aliphatic carbocycles. The predicted molar refractivity (Wildman–Crippen MR) is 70.7 cm³/mol. The monoisotopic (exact) mass is 264 g/mol. The van der Waals surface area contributed by atoms with Gasteiger partial charge < -0.3 is 9.64 Å². The highest BCUT2D eigenvalue weighted by Gasteiger charge is 2.24. The Labute approximate surface area is 111 Å². The third-order valence-electron chi connectivity index (χ3n) is 3.11. The number of hydrogen-bond donors (Lipinski definition) is 0. The van der Waals surface area contributed by atoms with E-state index in [0.29, 0.717) is 24.9 Å². The van der Waals surface area contributed by atoms with Crippen molar-refractivity contribution in [3.8, 4) is 0 Å². The van der Waals surface area contributed by atoms with Crippen LogP contribution in [-0.2, 0) is 4.74 Å². The molecule has 1 heterocycles. The first-order valence-corrected chi connectivity index (χ1v) is 6.15. The number of nitrogens with zero attached hydrogens (tertiary/aromatic N) is 2. The molecule has 0 bridgehead atoms. The molecule has 2 rings (SSSR count). The number of morpholine rings is 1. The molecule has 1 aromatic carbocycles. The van der Waals surface area contributed by atoms with E-state index < -0.39 is 4.92 Å². The smallest absolute Gasteiger partial charge is 0.270 e. The fourth-order valence-electron chi connectivity index (χ4n) is 2.41. The molecule has 0 N–H and O–H groups in total. The van der Waals surface area contributed by atoms with E-state index in [4.69, 9.17) is 4.74 Å². The van der Waals surface area contributed by atoms with Gasteiger partial charge >= 0.3 is 0 Å². The van der Waals surface area contributed by atoms with Crippen LogP contribution in [0, 0.1) is 10.1 Å². The van der Waals surface area contributed by atoms with Crippen LogP contribution >= 0.6 is 0 Å². The van der Waals surface area contributed by atoms with Crippen LogP contribution in [-0.4, -0.2) is 36.5 Å². The van der Waals surface area contributed by atoms with Crippen LogP contribution < -0.4 is 4.90 Å². The molecule has 1 aliphatic heterocycles. The van der Waals surface area contributed by atoms with E-state index in [1.165, 1.54) is 12.1 Å². The van der Waals surface area contributed by atoms with E-state index in [2.05, 4.69) is 0 Å². The molecule has 1 aliphatic rings. The summed E-state index contributed by atoms with van der Waals surface area (Å²) in [6.45, 7) is 5.27. The van der Waals surface area contributed by atoms with Crippen LogP contribution in [0.25, 0.3) is 0 Å². The Bertz CT molecular complexity index is 493. The number of anilines is 1. The van der Waals surface area contributed by atoms with Gasteiger partial charge in [0.2, 0.25) is 0 Å². The van der Waals surface area contributed by atoms with Gasteiger partial charge in [0.25, 0.3) is 5.69 Å². The standard InChI is InChI=1S/C13H16N2O4/c1-9-6-14(7-10(2)19-9)13-4-3-12(15(17)18)5-11(13)8-16/h3-5,8-10H,6-7H2,1-2H3/t9-,10?/m0/s1. The second-order valence-corrected chi connectivity index (χ2v) is 4.78. The second-order valence-electron chi connectivity index (χ2n) is 4.78. The summed E-state index contributed by atoms with van der Waals surface area (Å²) >= 11 is 0. The van der Waals surface area contributed by atoms with E-state index in [0.717, 1.165) is 5.69 Å². The molecule has 0 radical (unpaired) electrons. The van der Waals surface area contributed by atoms with E-state index in [9.17, 15) is 14.9 Å². The quantitative estimate of drug-likeness (QED) is 0.474. The van der Waals surface area contributed by atoms with Gasteiger partial charge in [-0.25, -0.2) is 0 Å². The van der Waals surface area contributed by atoms with Crippen molar-refractivity contribution < 1.29 is 14.5 Å². The lowest BCUT2D eigenvalue weighted by atomic mass is 10.1. The summed E-state index contributed by atoms with van der Waals surface area (Å²) in [4.78, 5) is 23.4. The van der Waals surface area contributed by atoms with Crippen molar-refractivity contribution in [2.24, 2.45) is 0 Å². The van der Waals surface area contributed by atoms with Crippen LogP contribution in [0.4, 0.5) is 11.4 Å². The molecule has 19 heavy (non-hydrogen) atoms. The molecule has 0 saturated carbocycles. The Balaban J connectivity index is 2.33. The number of nitro benzene ring substituents is 1. The highest BCUT2D eigenvalue weighted by atomic mass is 16.6. The molecule has 1 aromatic rings. The van der Waals surface area contributed by atoms with Crippen molar-refractivity contribution in [1.29, 1.82) is 0 Å². The van der Waals surface area contributed by atoms with Crippen molar-refractivity contribution in [1.82, 2.24) is 0 Å². The molecule has 1 saturated heterocycles. The number of hydrogen-bond acceptors (Lipinski definition) is 5. The first kappa shape index (κ1) is 13.5. The molecule has 0 amide bonds. The first-order valence-electron chi connectivity index (χ1n) is 6.15. The third-order valence-corrected chi connectivity index (χ3v) is 3.11. The number of ether oxygens (including phenoxy) is 1. The normalized spacial score (nSPS) is 23.2. The summed E-state index contributed by atoms with van der Waals surface area (Å²) in [6, 6.07) is 4.37. The van der Waals surface area contributed by atoms with Gasteiger partial charge in [-0.05, 0) is 19.9 Å². The molecular formula is C13H16N2O4. The number of carbonyl (C=O) groups is 1. The number of aldehydes is 1. The Kier molecular flexibility index (Phi) is 3.80. The lowest BCUT2D eigenvalue weighted by Gasteiger charge is -2.37. The molecule has 2 atom stereocenters. The lowest BCUT2D eigenvalue weighted by Crippen LogP contribution is -2.45. The van der Waals surface area contributed by atoms with Gasteiger partial charge in [0, 0.05) is 36.5 Å². The highest BCUT2D eigenvalue weighted by molar-refractivity contribution is 5.86. The molecule has 102 valence electrons. The van der Waals surface area contributed by atoms with E-state index in [-0.39, 0.29) is 17.9 Å². The molecule has 1 fully saturated rings. The Morgan fingerprint density at radius 1 is 1.37 bits per heavy atom. The predicted octanol–water partition coefficient (Wildman–Crippen LogP) is 2.02. The summed E-state index contributed by atoms with van der Waals surface area (Å²) < 4.78 is 5.64. The number of benzene rings is 1. The minimum Gasteiger partial charge on any atom is -0.372 e. The number of carbonyl (C=O) groups excluding carboxylic acids is 1. The summed E-state index contributed by atoms with van der Waals surface area (Å²) in [5.74, 6) is 0. The Morgan fingerprint density at radius 3 is 2.53 bits per heavy atom. The maximum atomic E-state index is 11.1. The SMILES string of the molecule is CC1CN(c2ccc([N+](=O)[O-])cc2C=O)C[C@H](C)O1. The van der Waals surface area contributed by atoms with E-state index in [1.807, 2.05) is 18.7 Å².